The van der Waals surface area contributed by atoms with Gasteiger partial charge in [0.2, 0.25) is 0 Å². The van der Waals surface area contributed by atoms with E-state index in [1.54, 1.807) is 37.5 Å². The van der Waals surface area contributed by atoms with E-state index in [0.29, 0.717) is 18.8 Å². The SMILES string of the molecule is CCOc1cccc(N(C)Cc2cccnc2)c1[N+](=O)[O-]. The van der Waals surface area contributed by atoms with Crippen molar-refractivity contribution in [3.8, 4) is 5.75 Å². The van der Waals surface area contributed by atoms with Crippen molar-refractivity contribution < 1.29 is 9.66 Å². The predicted octanol–water partition coefficient (Wildman–Crippen LogP) is 3.02. The molecular formula is C15H17N3O3. The van der Waals surface area contributed by atoms with Gasteiger partial charge in [-0.25, -0.2) is 0 Å². The lowest BCUT2D eigenvalue weighted by Crippen LogP contribution is -2.18. The van der Waals surface area contributed by atoms with E-state index in [1.807, 2.05) is 24.1 Å². The highest BCUT2D eigenvalue weighted by atomic mass is 16.6. The Hall–Kier alpha value is -2.63. The number of pyridine rings is 1. The van der Waals surface area contributed by atoms with E-state index in [4.69, 9.17) is 4.74 Å². The third-order valence-electron chi connectivity index (χ3n) is 3.01. The molecule has 0 saturated carbocycles. The lowest BCUT2D eigenvalue weighted by atomic mass is 10.2. The number of nitro benzene ring substituents is 1. The van der Waals surface area contributed by atoms with Crippen molar-refractivity contribution in [3.63, 3.8) is 0 Å². The van der Waals surface area contributed by atoms with Crippen molar-refractivity contribution in [2.45, 2.75) is 13.5 Å². The number of rotatable bonds is 6. The molecule has 0 aliphatic carbocycles. The number of nitro groups is 1. The first-order valence-electron chi connectivity index (χ1n) is 6.63. The topological polar surface area (TPSA) is 68.5 Å². The number of hydrogen-bond donors (Lipinski definition) is 0. The number of nitrogens with zero attached hydrogens (tertiary/aromatic N) is 3. The molecule has 2 aromatic rings. The van der Waals surface area contributed by atoms with Crippen LogP contribution in [0.25, 0.3) is 0 Å². The standard InChI is InChI=1S/C15H17N3O3/c1-3-21-14-8-4-7-13(15(14)18(19)20)17(2)11-12-6-5-9-16-10-12/h4-10H,3,11H2,1-2H3. The van der Waals surface area contributed by atoms with Crippen molar-refractivity contribution in [1.29, 1.82) is 0 Å². The van der Waals surface area contributed by atoms with Gasteiger partial charge in [0.1, 0.15) is 5.69 Å². The quantitative estimate of drug-likeness (QED) is 0.603. The molecule has 0 aliphatic rings. The second kappa shape index (κ2) is 6.69. The van der Waals surface area contributed by atoms with E-state index in [1.165, 1.54) is 0 Å². The molecule has 0 radical (unpaired) electrons. The van der Waals surface area contributed by atoms with Crippen LogP contribution in [0.5, 0.6) is 5.75 Å². The Morgan fingerprint density at radius 1 is 1.33 bits per heavy atom. The van der Waals surface area contributed by atoms with Gasteiger partial charge < -0.3 is 9.64 Å². The molecule has 2 rings (SSSR count). The first-order valence-corrected chi connectivity index (χ1v) is 6.63. The molecule has 0 spiro atoms. The first kappa shape index (κ1) is 14.8. The molecule has 21 heavy (non-hydrogen) atoms. The highest BCUT2D eigenvalue weighted by Gasteiger charge is 2.23. The summed E-state index contributed by atoms with van der Waals surface area (Å²) in [6, 6.07) is 8.86. The zero-order valence-corrected chi connectivity index (χ0v) is 12.0. The Balaban J connectivity index is 2.34. The first-order chi connectivity index (χ1) is 10.1. The molecule has 0 saturated heterocycles. The molecule has 0 atom stereocenters. The van der Waals surface area contributed by atoms with Gasteiger partial charge in [-0.3, -0.25) is 15.1 Å². The molecule has 6 heteroatoms. The van der Waals surface area contributed by atoms with Crippen molar-refractivity contribution in [3.05, 3.63) is 58.4 Å². The Bertz CT molecular complexity index is 617. The van der Waals surface area contributed by atoms with E-state index in [-0.39, 0.29) is 11.4 Å². The molecule has 110 valence electrons. The van der Waals surface area contributed by atoms with Crippen LogP contribution in [0.2, 0.25) is 0 Å². The molecule has 0 N–H and O–H groups in total. The number of para-hydroxylation sites is 1. The summed E-state index contributed by atoms with van der Waals surface area (Å²) in [6.45, 7) is 2.72. The van der Waals surface area contributed by atoms with E-state index in [9.17, 15) is 10.1 Å². The zero-order valence-electron chi connectivity index (χ0n) is 12.0. The second-order valence-corrected chi connectivity index (χ2v) is 4.53. The maximum atomic E-state index is 11.4. The van der Waals surface area contributed by atoms with Crippen LogP contribution in [-0.2, 0) is 6.54 Å². The number of aromatic nitrogens is 1. The van der Waals surface area contributed by atoms with Gasteiger partial charge in [0.25, 0.3) is 0 Å². The number of anilines is 1. The second-order valence-electron chi connectivity index (χ2n) is 4.53. The summed E-state index contributed by atoms with van der Waals surface area (Å²) in [6.07, 6.45) is 3.44. The minimum absolute atomic E-state index is 0.00857. The summed E-state index contributed by atoms with van der Waals surface area (Å²) in [5, 5.41) is 11.4. The number of ether oxygens (including phenoxy) is 1. The van der Waals surface area contributed by atoms with Crippen LogP contribution in [-0.4, -0.2) is 23.6 Å². The van der Waals surface area contributed by atoms with E-state index < -0.39 is 4.92 Å². The van der Waals surface area contributed by atoms with Crippen molar-refractivity contribution >= 4 is 11.4 Å². The lowest BCUT2D eigenvalue weighted by Gasteiger charge is -2.20. The summed E-state index contributed by atoms with van der Waals surface area (Å²) in [7, 11) is 1.81. The minimum Gasteiger partial charge on any atom is -0.487 e. The molecule has 1 heterocycles. The fourth-order valence-electron chi connectivity index (χ4n) is 2.12. The van der Waals surface area contributed by atoms with Crippen molar-refractivity contribution in [1.82, 2.24) is 4.98 Å². The third-order valence-corrected chi connectivity index (χ3v) is 3.01. The fourth-order valence-corrected chi connectivity index (χ4v) is 2.12. The fraction of sp³-hybridized carbons (Fsp3) is 0.267. The van der Waals surface area contributed by atoms with Gasteiger partial charge in [0, 0.05) is 26.0 Å². The normalized spacial score (nSPS) is 10.2. The summed E-state index contributed by atoms with van der Waals surface area (Å²) < 4.78 is 5.36. The van der Waals surface area contributed by atoms with Crippen molar-refractivity contribution in [2.75, 3.05) is 18.6 Å². The highest BCUT2D eigenvalue weighted by Crippen LogP contribution is 2.37. The average molecular weight is 287 g/mol. The van der Waals surface area contributed by atoms with E-state index in [0.717, 1.165) is 5.56 Å². The van der Waals surface area contributed by atoms with Crippen molar-refractivity contribution in [2.24, 2.45) is 0 Å². The lowest BCUT2D eigenvalue weighted by molar-refractivity contribution is -0.385. The van der Waals surface area contributed by atoms with Crippen LogP contribution in [0.15, 0.2) is 42.7 Å². The Morgan fingerprint density at radius 2 is 2.14 bits per heavy atom. The van der Waals surface area contributed by atoms with E-state index >= 15 is 0 Å². The summed E-state index contributed by atoms with van der Waals surface area (Å²) in [5.41, 5.74) is 1.50. The van der Waals surface area contributed by atoms with Gasteiger partial charge in [-0.1, -0.05) is 12.1 Å². The predicted molar refractivity (Wildman–Crippen MR) is 80.6 cm³/mol. The van der Waals surface area contributed by atoms with Crippen LogP contribution in [0.3, 0.4) is 0 Å². The Labute approximate surface area is 123 Å². The highest BCUT2D eigenvalue weighted by molar-refractivity contribution is 5.69. The average Bonchev–Trinajstić information content (AvgIpc) is 2.48. The van der Waals surface area contributed by atoms with Crippen LogP contribution in [0.1, 0.15) is 12.5 Å². The summed E-state index contributed by atoms with van der Waals surface area (Å²) in [5.74, 6) is 0.290. The van der Waals surface area contributed by atoms with Crippen LogP contribution in [0.4, 0.5) is 11.4 Å². The summed E-state index contributed by atoms with van der Waals surface area (Å²) >= 11 is 0. The molecule has 0 fully saturated rings. The molecule has 0 unspecified atom stereocenters. The molecule has 0 amide bonds. The smallest absolute Gasteiger partial charge is 0.333 e. The molecule has 6 nitrogen and oxygen atoms in total. The molecule has 1 aromatic carbocycles. The molecule has 0 bridgehead atoms. The van der Waals surface area contributed by atoms with Gasteiger partial charge in [-0.05, 0) is 30.7 Å². The number of benzene rings is 1. The van der Waals surface area contributed by atoms with Gasteiger partial charge in [0.15, 0.2) is 5.75 Å². The molecular weight excluding hydrogens is 270 g/mol. The monoisotopic (exact) mass is 287 g/mol. The van der Waals surface area contributed by atoms with Gasteiger partial charge >= 0.3 is 5.69 Å². The summed E-state index contributed by atoms with van der Waals surface area (Å²) in [4.78, 5) is 16.8. The van der Waals surface area contributed by atoms with Gasteiger partial charge in [-0.2, -0.15) is 0 Å². The molecule has 0 aliphatic heterocycles. The van der Waals surface area contributed by atoms with E-state index in [2.05, 4.69) is 4.98 Å². The van der Waals surface area contributed by atoms with Crippen LogP contribution < -0.4 is 9.64 Å². The Kier molecular flexibility index (Phi) is 4.71. The van der Waals surface area contributed by atoms with Crippen LogP contribution >= 0.6 is 0 Å². The van der Waals surface area contributed by atoms with Crippen LogP contribution in [0, 0.1) is 10.1 Å². The maximum absolute atomic E-state index is 11.4. The molecule has 1 aromatic heterocycles. The third kappa shape index (κ3) is 3.47. The minimum atomic E-state index is -0.403. The zero-order chi connectivity index (χ0) is 15.2. The maximum Gasteiger partial charge on any atom is 0.333 e. The van der Waals surface area contributed by atoms with Gasteiger partial charge in [-0.15, -0.1) is 0 Å². The number of hydrogen-bond acceptors (Lipinski definition) is 5. The Morgan fingerprint density at radius 3 is 2.76 bits per heavy atom. The largest absolute Gasteiger partial charge is 0.487 e. The van der Waals surface area contributed by atoms with Gasteiger partial charge in [0.05, 0.1) is 11.5 Å².